The van der Waals surface area contributed by atoms with Gasteiger partial charge in [0.2, 0.25) is 0 Å². The molecule has 1 aromatic heterocycles. The van der Waals surface area contributed by atoms with E-state index < -0.39 is 0 Å². The lowest BCUT2D eigenvalue weighted by molar-refractivity contribution is 0.282. The van der Waals surface area contributed by atoms with E-state index in [9.17, 15) is 5.11 Å². The lowest BCUT2D eigenvalue weighted by Gasteiger charge is -2.10. The number of nitrogens with zero attached hydrogens (tertiary/aromatic N) is 2. The van der Waals surface area contributed by atoms with Crippen molar-refractivity contribution in [3.05, 3.63) is 95.7 Å². The third kappa shape index (κ3) is 3.18. The Morgan fingerprint density at radius 1 is 0.852 bits per heavy atom. The highest BCUT2D eigenvalue weighted by Gasteiger charge is 2.20. The molecule has 0 unspecified atom stereocenters. The van der Waals surface area contributed by atoms with Crippen LogP contribution in [0.1, 0.15) is 16.8 Å². The van der Waals surface area contributed by atoms with Crippen molar-refractivity contribution in [2.75, 3.05) is 0 Å². The third-order valence-electron chi connectivity index (χ3n) is 4.87. The SMILES string of the molecule is Cc1cccc(-n2nc(-c3ccccc3)c(-c3ccccc3CO)c2C)c1. The number of benzene rings is 3. The molecule has 1 N–H and O–H groups in total. The van der Waals surface area contributed by atoms with Crippen LogP contribution >= 0.6 is 0 Å². The van der Waals surface area contributed by atoms with Crippen molar-refractivity contribution in [2.24, 2.45) is 0 Å². The first-order valence-electron chi connectivity index (χ1n) is 9.10. The molecule has 0 saturated carbocycles. The van der Waals surface area contributed by atoms with E-state index in [1.54, 1.807) is 0 Å². The standard InChI is InChI=1S/C24H22N2O/c1-17-9-8-13-21(15-17)26-18(2)23(22-14-7-6-12-20(22)16-27)24(25-26)19-10-4-3-5-11-19/h3-15,27H,16H2,1-2H3. The quantitative estimate of drug-likeness (QED) is 0.539. The van der Waals surface area contributed by atoms with Crippen molar-refractivity contribution in [3.63, 3.8) is 0 Å². The summed E-state index contributed by atoms with van der Waals surface area (Å²) < 4.78 is 2.00. The van der Waals surface area contributed by atoms with Crippen molar-refractivity contribution in [1.29, 1.82) is 0 Å². The highest BCUT2D eigenvalue weighted by atomic mass is 16.3. The van der Waals surface area contributed by atoms with Gasteiger partial charge in [-0.2, -0.15) is 5.10 Å². The molecular formula is C24H22N2O. The molecule has 3 heteroatoms. The van der Waals surface area contributed by atoms with Gasteiger partial charge in [0.15, 0.2) is 0 Å². The maximum absolute atomic E-state index is 9.87. The molecule has 0 aliphatic rings. The first-order chi connectivity index (χ1) is 13.2. The van der Waals surface area contributed by atoms with Gasteiger partial charge in [-0.15, -0.1) is 0 Å². The smallest absolute Gasteiger partial charge is 0.101 e. The normalized spacial score (nSPS) is 10.9. The van der Waals surface area contributed by atoms with E-state index in [4.69, 9.17) is 5.10 Å². The number of aliphatic hydroxyl groups is 1. The van der Waals surface area contributed by atoms with Crippen LogP contribution in [0.4, 0.5) is 0 Å². The van der Waals surface area contributed by atoms with Crippen molar-refractivity contribution in [3.8, 4) is 28.1 Å². The number of aliphatic hydroxyl groups excluding tert-OH is 1. The second-order valence-corrected chi connectivity index (χ2v) is 6.74. The number of aromatic nitrogens is 2. The zero-order valence-electron chi connectivity index (χ0n) is 15.6. The number of aryl methyl sites for hydroxylation is 1. The Balaban J connectivity index is 2.02. The second kappa shape index (κ2) is 7.22. The molecule has 0 aliphatic heterocycles. The van der Waals surface area contributed by atoms with E-state index >= 15 is 0 Å². The molecule has 3 aromatic carbocycles. The summed E-state index contributed by atoms with van der Waals surface area (Å²) in [7, 11) is 0. The molecule has 0 aliphatic carbocycles. The molecular weight excluding hydrogens is 332 g/mol. The van der Waals surface area contributed by atoms with Gasteiger partial charge in [0.05, 0.1) is 12.3 Å². The molecule has 0 atom stereocenters. The van der Waals surface area contributed by atoms with Gasteiger partial charge < -0.3 is 5.11 Å². The predicted molar refractivity (Wildman–Crippen MR) is 110 cm³/mol. The highest BCUT2D eigenvalue weighted by molar-refractivity contribution is 5.84. The summed E-state index contributed by atoms with van der Waals surface area (Å²) in [6.07, 6.45) is 0. The molecule has 0 radical (unpaired) electrons. The Morgan fingerprint density at radius 2 is 1.59 bits per heavy atom. The van der Waals surface area contributed by atoms with E-state index in [1.165, 1.54) is 5.56 Å². The van der Waals surface area contributed by atoms with Gasteiger partial charge in [0.25, 0.3) is 0 Å². The van der Waals surface area contributed by atoms with E-state index in [1.807, 2.05) is 41.1 Å². The van der Waals surface area contributed by atoms with Crippen LogP contribution in [0.5, 0.6) is 0 Å². The topological polar surface area (TPSA) is 38.0 Å². The lowest BCUT2D eigenvalue weighted by Crippen LogP contribution is -1.99. The Morgan fingerprint density at radius 3 is 2.33 bits per heavy atom. The van der Waals surface area contributed by atoms with Gasteiger partial charge in [0.1, 0.15) is 5.69 Å². The zero-order chi connectivity index (χ0) is 18.8. The molecule has 3 nitrogen and oxygen atoms in total. The van der Waals surface area contributed by atoms with Gasteiger partial charge in [-0.05, 0) is 42.7 Å². The lowest BCUT2D eigenvalue weighted by atomic mass is 9.95. The van der Waals surface area contributed by atoms with Crippen LogP contribution in [-0.4, -0.2) is 14.9 Å². The average Bonchev–Trinajstić information content (AvgIpc) is 3.05. The van der Waals surface area contributed by atoms with E-state index in [2.05, 4.69) is 56.3 Å². The fraction of sp³-hybridized carbons (Fsp3) is 0.125. The molecule has 0 spiro atoms. The summed E-state index contributed by atoms with van der Waals surface area (Å²) in [6, 6.07) is 26.5. The molecule has 4 rings (SSSR count). The van der Waals surface area contributed by atoms with Crippen LogP contribution in [0.2, 0.25) is 0 Å². The van der Waals surface area contributed by atoms with E-state index in [0.29, 0.717) is 0 Å². The molecule has 0 bridgehead atoms. The maximum Gasteiger partial charge on any atom is 0.101 e. The Bertz CT molecular complexity index is 1080. The minimum absolute atomic E-state index is 0.000528. The summed E-state index contributed by atoms with van der Waals surface area (Å²) in [5, 5.41) is 14.8. The number of hydrogen-bond acceptors (Lipinski definition) is 2. The van der Waals surface area contributed by atoms with Crippen LogP contribution < -0.4 is 0 Å². The van der Waals surface area contributed by atoms with Crippen LogP contribution in [0.15, 0.2) is 78.9 Å². The second-order valence-electron chi connectivity index (χ2n) is 6.74. The van der Waals surface area contributed by atoms with Crippen LogP contribution in [0, 0.1) is 13.8 Å². The van der Waals surface area contributed by atoms with Gasteiger partial charge in [0, 0.05) is 16.8 Å². The fourth-order valence-electron chi connectivity index (χ4n) is 3.54. The Hall–Kier alpha value is -3.17. The predicted octanol–water partition coefficient (Wildman–Crippen LogP) is 5.32. The molecule has 134 valence electrons. The summed E-state index contributed by atoms with van der Waals surface area (Å²) >= 11 is 0. The number of rotatable bonds is 4. The fourth-order valence-corrected chi connectivity index (χ4v) is 3.54. The number of hydrogen-bond donors (Lipinski definition) is 1. The van der Waals surface area contributed by atoms with Gasteiger partial charge in [-0.3, -0.25) is 0 Å². The van der Waals surface area contributed by atoms with E-state index in [-0.39, 0.29) is 6.61 Å². The van der Waals surface area contributed by atoms with Crippen molar-refractivity contribution < 1.29 is 5.11 Å². The maximum atomic E-state index is 9.87. The highest BCUT2D eigenvalue weighted by Crippen LogP contribution is 2.37. The average molecular weight is 354 g/mol. The van der Waals surface area contributed by atoms with Gasteiger partial charge in [-0.25, -0.2) is 4.68 Å². The zero-order valence-corrected chi connectivity index (χ0v) is 15.6. The first-order valence-corrected chi connectivity index (χ1v) is 9.10. The summed E-state index contributed by atoms with van der Waals surface area (Å²) in [5.74, 6) is 0. The first kappa shape index (κ1) is 17.3. The van der Waals surface area contributed by atoms with Crippen molar-refractivity contribution in [2.45, 2.75) is 20.5 Å². The molecule has 0 amide bonds. The summed E-state index contributed by atoms with van der Waals surface area (Å²) in [6.45, 7) is 4.17. The van der Waals surface area contributed by atoms with Crippen LogP contribution in [0.3, 0.4) is 0 Å². The molecule has 27 heavy (non-hydrogen) atoms. The Kier molecular flexibility index (Phi) is 4.61. The van der Waals surface area contributed by atoms with Crippen molar-refractivity contribution in [1.82, 2.24) is 9.78 Å². The Labute approximate surface area is 159 Å². The molecule has 0 saturated heterocycles. The monoisotopic (exact) mass is 354 g/mol. The van der Waals surface area contributed by atoms with Crippen molar-refractivity contribution >= 4 is 0 Å². The van der Waals surface area contributed by atoms with Gasteiger partial charge in [-0.1, -0.05) is 66.7 Å². The third-order valence-corrected chi connectivity index (χ3v) is 4.87. The summed E-state index contributed by atoms with van der Waals surface area (Å²) in [5.41, 5.74) is 8.27. The van der Waals surface area contributed by atoms with Gasteiger partial charge >= 0.3 is 0 Å². The van der Waals surface area contributed by atoms with Crippen LogP contribution in [-0.2, 0) is 6.61 Å². The summed E-state index contributed by atoms with van der Waals surface area (Å²) in [4.78, 5) is 0. The molecule has 0 fully saturated rings. The molecule has 4 aromatic rings. The largest absolute Gasteiger partial charge is 0.392 e. The molecule has 1 heterocycles. The minimum atomic E-state index is -0.000528. The van der Waals surface area contributed by atoms with Crippen LogP contribution in [0.25, 0.3) is 28.1 Å². The minimum Gasteiger partial charge on any atom is -0.392 e. The van der Waals surface area contributed by atoms with E-state index in [0.717, 1.165) is 39.3 Å².